The quantitative estimate of drug-likeness (QED) is 0.629. The van der Waals surface area contributed by atoms with Crippen molar-refractivity contribution >= 4 is 5.97 Å². The molecule has 1 saturated carbocycles. The van der Waals surface area contributed by atoms with Crippen LogP contribution in [0.3, 0.4) is 0 Å². The van der Waals surface area contributed by atoms with Crippen LogP contribution in [0.4, 0.5) is 0 Å². The molecular weight excluding hydrogens is 164 g/mol. The van der Waals surface area contributed by atoms with Crippen LogP contribution in [0.25, 0.3) is 0 Å². The van der Waals surface area contributed by atoms with Gasteiger partial charge in [0.25, 0.3) is 0 Å². The van der Waals surface area contributed by atoms with Gasteiger partial charge in [-0.2, -0.15) is 0 Å². The number of allylic oxidation sites excluding steroid dienone is 2. The Morgan fingerprint density at radius 1 is 1.54 bits per heavy atom. The van der Waals surface area contributed by atoms with Gasteiger partial charge in [-0.1, -0.05) is 12.2 Å². The van der Waals surface area contributed by atoms with E-state index in [0.29, 0.717) is 11.8 Å². The van der Waals surface area contributed by atoms with E-state index >= 15 is 0 Å². The van der Waals surface area contributed by atoms with E-state index in [1.807, 2.05) is 6.92 Å². The second kappa shape index (κ2) is 2.86. The van der Waals surface area contributed by atoms with Gasteiger partial charge in [-0.25, -0.2) is 0 Å². The predicted octanol–water partition coefficient (Wildman–Crippen LogP) is 2.45. The van der Waals surface area contributed by atoms with Crippen molar-refractivity contribution in [3.63, 3.8) is 0 Å². The molecular formula is C11H16O2. The van der Waals surface area contributed by atoms with E-state index < -0.39 is 11.4 Å². The van der Waals surface area contributed by atoms with E-state index in [2.05, 4.69) is 12.2 Å². The molecule has 2 rings (SSSR count). The molecule has 0 aliphatic heterocycles. The SMILES string of the molecule is C[C@@]1(C(=O)O)C[C@H]2C=CC[C@H](C2)C1. The van der Waals surface area contributed by atoms with Crippen molar-refractivity contribution in [3.8, 4) is 0 Å². The van der Waals surface area contributed by atoms with Crippen LogP contribution in [0.5, 0.6) is 0 Å². The smallest absolute Gasteiger partial charge is 0.309 e. The van der Waals surface area contributed by atoms with E-state index in [-0.39, 0.29) is 0 Å². The van der Waals surface area contributed by atoms with Gasteiger partial charge in [-0.3, -0.25) is 4.79 Å². The van der Waals surface area contributed by atoms with Crippen molar-refractivity contribution in [3.05, 3.63) is 12.2 Å². The van der Waals surface area contributed by atoms with Gasteiger partial charge in [-0.05, 0) is 44.4 Å². The van der Waals surface area contributed by atoms with Crippen LogP contribution >= 0.6 is 0 Å². The lowest BCUT2D eigenvalue weighted by atomic mass is 9.64. The molecule has 0 amide bonds. The van der Waals surface area contributed by atoms with Gasteiger partial charge in [0, 0.05) is 0 Å². The summed E-state index contributed by atoms with van der Waals surface area (Å²) >= 11 is 0. The molecule has 2 aliphatic rings. The molecule has 3 atom stereocenters. The minimum absolute atomic E-state index is 0.460. The van der Waals surface area contributed by atoms with Crippen molar-refractivity contribution in [2.75, 3.05) is 0 Å². The second-order valence-electron chi connectivity index (χ2n) is 4.80. The van der Waals surface area contributed by atoms with Crippen LogP contribution in [0, 0.1) is 17.3 Å². The molecule has 2 bridgehead atoms. The Kier molecular flexibility index (Phi) is 1.94. The average molecular weight is 180 g/mol. The highest BCUT2D eigenvalue weighted by molar-refractivity contribution is 5.74. The minimum atomic E-state index is -0.613. The molecule has 1 fully saturated rings. The van der Waals surface area contributed by atoms with Gasteiger partial charge < -0.3 is 5.11 Å². The largest absolute Gasteiger partial charge is 0.481 e. The number of fused-ring (bicyclic) bond motifs is 2. The molecule has 0 aromatic rings. The summed E-state index contributed by atoms with van der Waals surface area (Å²) in [6.45, 7) is 1.90. The number of hydrogen-bond donors (Lipinski definition) is 1. The highest BCUT2D eigenvalue weighted by atomic mass is 16.4. The van der Waals surface area contributed by atoms with E-state index in [4.69, 9.17) is 5.11 Å². The predicted molar refractivity (Wildman–Crippen MR) is 50.3 cm³/mol. The number of rotatable bonds is 1. The van der Waals surface area contributed by atoms with Crippen molar-refractivity contribution in [2.24, 2.45) is 17.3 Å². The topological polar surface area (TPSA) is 37.3 Å². The lowest BCUT2D eigenvalue weighted by molar-refractivity contribution is -0.151. The molecule has 0 saturated heterocycles. The summed E-state index contributed by atoms with van der Waals surface area (Å²) in [6.07, 6.45) is 8.41. The van der Waals surface area contributed by atoms with Crippen molar-refractivity contribution in [1.29, 1.82) is 0 Å². The van der Waals surface area contributed by atoms with Gasteiger partial charge >= 0.3 is 5.97 Å². The van der Waals surface area contributed by atoms with Crippen molar-refractivity contribution < 1.29 is 9.90 Å². The molecule has 0 unspecified atom stereocenters. The molecule has 2 aliphatic carbocycles. The maximum atomic E-state index is 11.1. The van der Waals surface area contributed by atoms with Crippen LogP contribution in [0.15, 0.2) is 12.2 Å². The monoisotopic (exact) mass is 180 g/mol. The number of carbonyl (C=O) groups is 1. The van der Waals surface area contributed by atoms with Crippen LogP contribution in [-0.2, 0) is 4.79 Å². The molecule has 2 heteroatoms. The van der Waals surface area contributed by atoms with Crippen LogP contribution in [0.2, 0.25) is 0 Å². The van der Waals surface area contributed by atoms with E-state index in [1.165, 1.54) is 6.42 Å². The zero-order chi connectivity index (χ0) is 9.47. The van der Waals surface area contributed by atoms with Gasteiger partial charge in [0.2, 0.25) is 0 Å². The summed E-state index contributed by atoms with van der Waals surface area (Å²) in [5.41, 5.74) is -0.460. The molecule has 0 heterocycles. The van der Waals surface area contributed by atoms with Gasteiger partial charge in [0.05, 0.1) is 5.41 Å². The maximum absolute atomic E-state index is 11.1. The zero-order valence-corrected chi connectivity index (χ0v) is 7.99. The summed E-state index contributed by atoms with van der Waals surface area (Å²) in [5.74, 6) is 0.524. The number of aliphatic carboxylic acids is 1. The first kappa shape index (κ1) is 8.79. The van der Waals surface area contributed by atoms with E-state index in [9.17, 15) is 4.79 Å². The van der Waals surface area contributed by atoms with Gasteiger partial charge in [-0.15, -0.1) is 0 Å². The molecule has 0 radical (unpaired) electrons. The van der Waals surface area contributed by atoms with Crippen LogP contribution in [0.1, 0.15) is 32.6 Å². The third-order valence-electron chi connectivity index (χ3n) is 3.48. The number of carboxylic acid groups (broad SMARTS) is 1. The fourth-order valence-electron chi connectivity index (χ4n) is 2.86. The molecule has 0 aromatic heterocycles. The summed E-state index contributed by atoms with van der Waals surface area (Å²) in [4.78, 5) is 11.1. The Hall–Kier alpha value is -0.790. The standard InChI is InChI=1S/C11H16O2/c1-11(10(12)13)6-8-3-2-4-9(5-8)7-11/h2-3,8-9H,4-7H2,1H3,(H,12,13)/t8-,9+,11+/m0/s1. The minimum Gasteiger partial charge on any atom is -0.481 e. The Bertz CT molecular complexity index is 257. The molecule has 1 N–H and O–H groups in total. The zero-order valence-electron chi connectivity index (χ0n) is 7.99. The average Bonchev–Trinajstić information content (AvgIpc) is 2.02. The van der Waals surface area contributed by atoms with E-state index in [0.717, 1.165) is 19.3 Å². The lowest BCUT2D eigenvalue weighted by Gasteiger charge is -2.40. The van der Waals surface area contributed by atoms with E-state index in [1.54, 1.807) is 0 Å². The summed E-state index contributed by atoms with van der Waals surface area (Å²) in [5, 5.41) is 9.13. The number of hydrogen-bond acceptors (Lipinski definition) is 1. The fraction of sp³-hybridized carbons (Fsp3) is 0.727. The Labute approximate surface area is 78.6 Å². The Morgan fingerprint density at radius 3 is 2.92 bits per heavy atom. The number of carboxylic acids is 1. The normalized spacial score (nSPS) is 43.2. The Morgan fingerprint density at radius 2 is 2.31 bits per heavy atom. The summed E-state index contributed by atoms with van der Waals surface area (Å²) in [7, 11) is 0. The first-order valence-electron chi connectivity index (χ1n) is 5.00. The molecule has 72 valence electrons. The highest BCUT2D eigenvalue weighted by Gasteiger charge is 2.42. The molecule has 0 aromatic carbocycles. The van der Waals surface area contributed by atoms with Gasteiger partial charge in [0.15, 0.2) is 0 Å². The molecule has 13 heavy (non-hydrogen) atoms. The first-order valence-corrected chi connectivity index (χ1v) is 5.00. The fourth-order valence-corrected chi connectivity index (χ4v) is 2.86. The Balaban J connectivity index is 2.19. The summed E-state index contributed by atoms with van der Waals surface area (Å²) < 4.78 is 0. The first-order chi connectivity index (χ1) is 6.10. The summed E-state index contributed by atoms with van der Waals surface area (Å²) in [6, 6.07) is 0. The van der Waals surface area contributed by atoms with Crippen molar-refractivity contribution in [1.82, 2.24) is 0 Å². The van der Waals surface area contributed by atoms with Crippen LogP contribution in [-0.4, -0.2) is 11.1 Å². The third kappa shape index (κ3) is 1.50. The third-order valence-corrected chi connectivity index (χ3v) is 3.48. The molecule has 0 spiro atoms. The van der Waals surface area contributed by atoms with Crippen LogP contribution < -0.4 is 0 Å². The van der Waals surface area contributed by atoms with Crippen molar-refractivity contribution in [2.45, 2.75) is 32.6 Å². The molecule has 2 nitrogen and oxygen atoms in total. The van der Waals surface area contributed by atoms with Gasteiger partial charge in [0.1, 0.15) is 0 Å². The second-order valence-corrected chi connectivity index (χ2v) is 4.80. The highest BCUT2D eigenvalue weighted by Crippen LogP contribution is 2.46. The lowest BCUT2D eigenvalue weighted by Crippen LogP contribution is -2.37. The maximum Gasteiger partial charge on any atom is 0.309 e.